The molecule has 2 heterocycles. The van der Waals surface area contributed by atoms with E-state index in [0.717, 1.165) is 48.4 Å². The second-order valence-electron chi connectivity index (χ2n) is 9.56. The summed E-state index contributed by atoms with van der Waals surface area (Å²) in [6, 6.07) is 15.3. The van der Waals surface area contributed by atoms with Crippen molar-refractivity contribution in [2.24, 2.45) is 0 Å². The van der Waals surface area contributed by atoms with E-state index in [-0.39, 0.29) is 18.0 Å². The van der Waals surface area contributed by atoms with Crippen molar-refractivity contribution in [1.29, 1.82) is 0 Å². The first-order valence-corrected chi connectivity index (χ1v) is 13.7. The Labute approximate surface area is 216 Å². The number of benzene rings is 2. The van der Waals surface area contributed by atoms with Crippen LogP contribution in [0, 0.1) is 0 Å². The van der Waals surface area contributed by atoms with Crippen molar-refractivity contribution >= 4 is 28.9 Å². The van der Waals surface area contributed by atoms with Crippen LogP contribution >= 0.6 is 11.3 Å². The van der Waals surface area contributed by atoms with Gasteiger partial charge in [0, 0.05) is 17.4 Å². The fourth-order valence-electron chi connectivity index (χ4n) is 5.02. The largest absolute Gasteiger partial charge is 0.479 e. The molecule has 2 atom stereocenters. The number of nitrogens with zero attached hydrogens (tertiary/aromatic N) is 2. The zero-order valence-electron chi connectivity index (χ0n) is 20.8. The Kier molecular flexibility index (Phi) is 7.37. The molecule has 6 nitrogen and oxygen atoms in total. The Balaban J connectivity index is 1.42. The fraction of sp³-hybridized carbons (Fsp3) is 0.414. The zero-order valence-corrected chi connectivity index (χ0v) is 21.6. The summed E-state index contributed by atoms with van der Waals surface area (Å²) in [5.41, 5.74) is 3.54. The van der Waals surface area contributed by atoms with E-state index in [1.165, 1.54) is 12.0 Å². The van der Waals surface area contributed by atoms with Gasteiger partial charge in [0.05, 0.1) is 16.4 Å². The molecule has 3 aromatic rings. The predicted octanol–water partition coefficient (Wildman–Crippen LogP) is 6.17. The summed E-state index contributed by atoms with van der Waals surface area (Å²) in [5.74, 6) is 0.0339. The van der Waals surface area contributed by atoms with Crippen molar-refractivity contribution in [3.63, 3.8) is 0 Å². The number of hydrogen-bond donors (Lipinski definition) is 0. The lowest BCUT2D eigenvalue weighted by Crippen LogP contribution is -2.53. The number of rotatable bonds is 7. The van der Waals surface area contributed by atoms with E-state index in [2.05, 4.69) is 12.1 Å². The Morgan fingerprint density at radius 3 is 2.69 bits per heavy atom. The van der Waals surface area contributed by atoms with Gasteiger partial charge >= 0.3 is 5.97 Å². The average Bonchev–Trinajstić information content (AvgIpc) is 3.36. The van der Waals surface area contributed by atoms with Gasteiger partial charge in [0.15, 0.2) is 6.10 Å². The highest BCUT2D eigenvalue weighted by atomic mass is 32.1. The summed E-state index contributed by atoms with van der Waals surface area (Å²) < 4.78 is 11.8. The smallest absolute Gasteiger partial charge is 0.329 e. The maximum absolute atomic E-state index is 13.3. The zero-order chi connectivity index (χ0) is 25.1. The Morgan fingerprint density at radius 1 is 1.17 bits per heavy atom. The summed E-state index contributed by atoms with van der Waals surface area (Å²) in [7, 11) is 0. The molecule has 0 saturated heterocycles. The molecule has 1 fully saturated rings. The van der Waals surface area contributed by atoms with E-state index >= 15 is 0 Å². The minimum atomic E-state index is -0.691. The third-order valence-corrected chi connectivity index (χ3v) is 7.81. The van der Waals surface area contributed by atoms with Gasteiger partial charge in [-0.1, -0.05) is 43.7 Å². The summed E-state index contributed by atoms with van der Waals surface area (Å²) in [6.07, 6.45) is 5.64. The van der Waals surface area contributed by atoms with E-state index in [1.54, 1.807) is 23.2 Å². The number of aromatic nitrogens is 1. The molecule has 1 aliphatic carbocycles. The number of hydrogen-bond acceptors (Lipinski definition) is 6. The lowest BCUT2D eigenvalue weighted by atomic mass is 9.97. The normalized spacial score (nSPS) is 18.9. The van der Waals surface area contributed by atoms with Crippen LogP contribution < -0.4 is 9.64 Å². The van der Waals surface area contributed by atoms with Gasteiger partial charge in [-0.2, -0.15) is 0 Å². The van der Waals surface area contributed by atoms with Gasteiger partial charge in [-0.3, -0.25) is 9.69 Å². The number of carbonyl (C=O) groups is 2. The van der Waals surface area contributed by atoms with E-state index in [0.29, 0.717) is 17.9 Å². The highest BCUT2D eigenvalue weighted by Crippen LogP contribution is 2.39. The first kappa shape index (κ1) is 24.5. The number of amides is 1. The number of esters is 1. The molecule has 36 heavy (non-hydrogen) atoms. The van der Waals surface area contributed by atoms with Gasteiger partial charge in [0.2, 0.25) is 0 Å². The lowest BCUT2D eigenvalue weighted by Gasteiger charge is -2.37. The van der Waals surface area contributed by atoms with Crippen molar-refractivity contribution in [2.75, 3.05) is 4.90 Å². The first-order chi connectivity index (χ1) is 17.5. The van der Waals surface area contributed by atoms with Crippen molar-refractivity contribution in [3.8, 4) is 17.0 Å². The molecule has 1 amide bonds. The number of thiazole rings is 1. The van der Waals surface area contributed by atoms with Crippen molar-refractivity contribution < 1.29 is 19.1 Å². The van der Waals surface area contributed by atoms with Gasteiger partial charge in [0.25, 0.3) is 5.91 Å². The monoisotopic (exact) mass is 504 g/mol. The van der Waals surface area contributed by atoms with Crippen LogP contribution in [0.25, 0.3) is 11.3 Å². The second kappa shape index (κ2) is 10.8. The first-order valence-electron chi connectivity index (χ1n) is 12.9. The molecule has 2 aliphatic rings. The number of carbonyl (C=O) groups excluding carboxylic acids is 2. The maximum Gasteiger partial charge on any atom is 0.329 e. The van der Waals surface area contributed by atoms with Crippen LogP contribution in [0.15, 0.2) is 53.9 Å². The molecule has 7 heteroatoms. The van der Waals surface area contributed by atoms with Crippen LogP contribution in [0.4, 0.5) is 5.69 Å². The molecule has 0 radical (unpaired) electrons. The summed E-state index contributed by atoms with van der Waals surface area (Å²) in [5, 5.41) is 3.06. The summed E-state index contributed by atoms with van der Waals surface area (Å²) in [4.78, 5) is 33.0. The lowest BCUT2D eigenvalue weighted by molar-refractivity contribution is -0.153. The highest BCUT2D eigenvalue weighted by molar-refractivity contribution is 7.10. The number of fused-ring (bicyclic) bond motifs is 1. The van der Waals surface area contributed by atoms with Gasteiger partial charge in [-0.25, -0.2) is 9.78 Å². The molecule has 1 saturated carbocycles. The predicted molar refractivity (Wildman–Crippen MR) is 141 cm³/mol. The van der Waals surface area contributed by atoms with Gasteiger partial charge in [-0.05, 0) is 62.8 Å². The summed E-state index contributed by atoms with van der Waals surface area (Å²) in [6.45, 7) is 3.64. The topological polar surface area (TPSA) is 68.7 Å². The minimum Gasteiger partial charge on any atom is -0.479 e. The van der Waals surface area contributed by atoms with Crippen LogP contribution in [0.3, 0.4) is 0 Å². The molecule has 5 rings (SSSR count). The molecule has 2 aromatic carbocycles. The maximum atomic E-state index is 13.3. The Hall–Kier alpha value is -3.19. The standard InChI is InChI=1S/C29H32N2O4S/c1-3-24(29(33)35-22-12-8-5-9-13-22)31-25-17-21(14-15-26(25)34-19(2)28(31)32)23-18-36-27(30-23)16-20-10-6-4-7-11-20/h4,6-7,10-11,14-15,17-19,22,24H,3,5,8-9,12-13,16H2,1-2H3. The van der Waals surface area contributed by atoms with E-state index in [4.69, 9.17) is 14.5 Å². The second-order valence-corrected chi connectivity index (χ2v) is 10.5. The SMILES string of the molecule is CCC(C(=O)OC1CCCCC1)N1C(=O)C(C)Oc2ccc(-c3csc(Cc4ccccc4)n3)cc21. The van der Waals surface area contributed by atoms with E-state index < -0.39 is 12.1 Å². The number of ether oxygens (including phenoxy) is 2. The van der Waals surface area contributed by atoms with Crippen LogP contribution in [-0.4, -0.2) is 35.1 Å². The van der Waals surface area contributed by atoms with E-state index in [9.17, 15) is 9.59 Å². The van der Waals surface area contributed by atoms with Crippen LogP contribution in [0.1, 0.15) is 62.9 Å². The van der Waals surface area contributed by atoms with Gasteiger partial charge in [0.1, 0.15) is 17.9 Å². The number of anilines is 1. The van der Waals surface area contributed by atoms with Gasteiger partial charge < -0.3 is 9.47 Å². The molecule has 188 valence electrons. The molecule has 0 N–H and O–H groups in total. The molecule has 0 spiro atoms. The quantitative estimate of drug-likeness (QED) is 0.360. The molecular weight excluding hydrogens is 472 g/mol. The molecule has 2 unspecified atom stereocenters. The molecular formula is C29H32N2O4S. The highest BCUT2D eigenvalue weighted by Gasteiger charge is 2.40. The van der Waals surface area contributed by atoms with Crippen LogP contribution in [0.5, 0.6) is 5.75 Å². The molecule has 0 bridgehead atoms. The van der Waals surface area contributed by atoms with Crippen molar-refractivity contribution in [2.45, 2.75) is 77.0 Å². The fourth-order valence-corrected chi connectivity index (χ4v) is 5.85. The average molecular weight is 505 g/mol. The van der Waals surface area contributed by atoms with E-state index in [1.807, 2.05) is 48.7 Å². The summed E-state index contributed by atoms with van der Waals surface area (Å²) >= 11 is 1.62. The van der Waals surface area contributed by atoms with Crippen LogP contribution in [-0.2, 0) is 20.7 Å². The third-order valence-electron chi connectivity index (χ3n) is 6.96. The molecule has 1 aromatic heterocycles. The van der Waals surface area contributed by atoms with Crippen molar-refractivity contribution in [3.05, 3.63) is 64.5 Å². The van der Waals surface area contributed by atoms with Crippen molar-refractivity contribution in [1.82, 2.24) is 4.98 Å². The van der Waals surface area contributed by atoms with Gasteiger partial charge in [-0.15, -0.1) is 11.3 Å². The minimum absolute atomic E-state index is 0.0577. The third kappa shape index (κ3) is 5.16. The van der Waals surface area contributed by atoms with Crippen LogP contribution in [0.2, 0.25) is 0 Å². The Morgan fingerprint density at radius 2 is 1.94 bits per heavy atom. The Bertz CT molecular complexity index is 1220. The molecule has 1 aliphatic heterocycles.